The van der Waals surface area contributed by atoms with Crippen LogP contribution < -0.4 is 0 Å². The highest BCUT2D eigenvalue weighted by atomic mass is 16.6. The highest BCUT2D eigenvalue weighted by Gasteiger charge is 2.47. The van der Waals surface area contributed by atoms with Crippen LogP contribution in [0.25, 0.3) is 0 Å². The van der Waals surface area contributed by atoms with Crippen molar-refractivity contribution in [2.75, 3.05) is 7.11 Å². The largest absolute Gasteiger partial charge is 0.467 e. The third kappa shape index (κ3) is 1.51. The van der Waals surface area contributed by atoms with Crippen molar-refractivity contribution in [3.05, 3.63) is 35.4 Å². The highest BCUT2D eigenvalue weighted by Crippen LogP contribution is 2.40. The zero-order valence-electron chi connectivity index (χ0n) is 8.19. The summed E-state index contributed by atoms with van der Waals surface area (Å²) in [5, 5.41) is 0. The topological polar surface area (TPSA) is 38.8 Å². The lowest BCUT2D eigenvalue weighted by Crippen LogP contribution is -2.09. The van der Waals surface area contributed by atoms with E-state index in [0.29, 0.717) is 0 Å². The average molecular weight is 192 g/mol. The zero-order valence-corrected chi connectivity index (χ0v) is 8.19. The SMILES string of the molecule is COC(=O)[C@H]1O[C@@H]1c1ccccc1C. The zero-order chi connectivity index (χ0) is 10.1. The van der Waals surface area contributed by atoms with Crippen LogP contribution in [0.2, 0.25) is 0 Å². The minimum Gasteiger partial charge on any atom is -0.467 e. The van der Waals surface area contributed by atoms with Crippen molar-refractivity contribution in [2.24, 2.45) is 0 Å². The van der Waals surface area contributed by atoms with E-state index in [1.165, 1.54) is 7.11 Å². The molecule has 1 aliphatic rings. The van der Waals surface area contributed by atoms with Gasteiger partial charge in [0.15, 0.2) is 6.10 Å². The smallest absolute Gasteiger partial charge is 0.338 e. The molecule has 0 saturated carbocycles. The first kappa shape index (κ1) is 9.21. The van der Waals surface area contributed by atoms with Crippen molar-refractivity contribution in [3.63, 3.8) is 0 Å². The number of epoxide rings is 1. The standard InChI is InChI=1S/C11H12O3/c1-7-5-3-4-6-8(7)9-10(14-9)11(12)13-2/h3-6,9-10H,1-2H3/t9-,10+/m1/s1. The maximum atomic E-state index is 11.1. The summed E-state index contributed by atoms with van der Waals surface area (Å²) in [5.74, 6) is -0.293. The van der Waals surface area contributed by atoms with E-state index < -0.39 is 6.10 Å². The Bertz CT molecular complexity index is 359. The molecule has 1 aliphatic heterocycles. The molecule has 2 rings (SSSR count). The Labute approximate surface area is 82.6 Å². The van der Waals surface area contributed by atoms with E-state index in [1.54, 1.807) is 0 Å². The van der Waals surface area contributed by atoms with Gasteiger partial charge in [0.1, 0.15) is 6.10 Å². The first-order valence-electron chi connectivity index (χ1n) is 4.53. The van der Waals surface area contributed by atoms with Crippen molar-refractivity contribution >= 4 is 5.97 Å². The lowest BCUT2D eigenvalue weighted by molar-refractivity contribution is -0.142. The maximum Gasteiger partial charge on any atom is 0.338 e. The molecular formula is C11H12O3. The number of hydrogen-bond donors (Lipinski definition) is 0. The average Bonchev–Trinajstić information content (AvgIpc) is 2.97. The lowest BCUT2D eigenvalue weighted by atomic mass is 10.0. The second kappa shape index (κ2) is 3.42. The van der Waals surface area contributed by atoms with Crippen molar-refractivity contribution in [1.82, 2.24) is 0 Å². The van der Waals surface area contributed by atoms with Crippen LogP contribution in [0.1, 0.15) is 17.2 Å². The lowest BCUT2D eigenvalue weighted by Gasteiger charge is -2.00. The van der Waals surface area contributed by atoms with Gasteiger partial charge in [-0.15, -0.1) is 0 Å². The minimum absolute atomic E-state index is 0.108. The van der Waals surface area contributed by atoms with Crippen LogP contribution in [0.3, 0.4) is 0 Å². The molecule has 0 radical (unpaired) electrons. The molecule has 1 aromatic carbocycles. The van der Waals surface area contributed by atoms with Gasteiger partial charge in [-0.25, -0.2) is 4.79 Å². The molecule has 1 heterocycles. The molecule has 1 saturated heterocycles. The van der Waals surface area contributed by atoms with Gasteiger partial charge in [-0.05, 0) is 18.1 Å². The molecule has 3 heteroatoms. The molecule has 0 aliphatic carbocycles. The minimum atomic E-state index is -0.402. The number of carbonyl (C=O) groups is 1. The van der Waals surface area contributed by atoms with Crippen LogP contribution in [-0.4, -0.2) is 19.2 Å². The van der Waals surface area contributed by atoms with E-state index in [2.05, 4.69) is 4.74 Å². The Morgan fingerprint density at radius 1 is 1.43 bits per heavy atom. The normalized spacial score (nSPS) is 24.4. The molecule has 74 valence electrons. The summed E-state index contributed by atoms with van der Waals surface area (Å²) in [7, 11) is 1.37. The summed E-state index contributed by atoms with van der Waals surface area (Å²) in [6.07, 6.45) is -0.509. The predicted molar refractivity (Wildman–Crippen MR) is 50.8 cm³/mol. The van der Waals surface area contributed by atoms with Gasteiger partial charge >= 0.3 is 5.97 Å². The van der Waals surface area contributed by atoms with Gasteiger partial charge in [-0.2, -0.15) is 0 Å². The van der Waals surface area contributed by atoms with E-state index in [0.717, 1.165) is 11.1 Å². The summed E-state index contributed by atoms with van der Waals surface area (Å²) in [5.41, 5.74) is 2.21. The Hall–Kier alpha value is -1.35. The van der Waals surface area contributed by atoms with Gasteiger partial charge in [-0.3, -0.25) is 0 Å². The van der Waals surface area contributed by atoms with Crippen LogP contribution in [0.15, 0.2) is 24.3 Å². The molecule has 0 bridgehead atoms. The van der Waals surface area contributed by atoms with Gasteiger partial charge in [0.2, 0.25) is 0 Å². The van der Waals surface area contributed by atoms with Crippen LogP contribution in [0.5, 0.6) is 0 Å². The molecule has 0 unspecified atom stereocenters. The van der Waals surface area contributed by atoms with E-state index in [-0.39, 0.29) is 12.1 Å². The Morgan fingerprint density at radius 2 is 2.14 bits per heavy atom. The molecule has 0 N–H and O–H groups in total. The first-order chi connectivity index (χ1) is 6.74. The summed E-state index contributed by atoms with van der Waals surface area (Å²) in [6, 6.07) is 7.89. The Morgan fingerprint density at radius 3 is 2.79 bits per heavy atom. The van der Waals surface area contributed by atoms with Crippen LogP contribution in [0.4, 0.5) is 0 Å². The monoisotopic (exact) mass is 192 g/mol. The van der Waals surface area contributed by atoms with Gasteiger partial charge in [-0.1, -0.05) is 24.3 Å². The Kier molecular flexibility index (Phi) is 2.25. The van der Waals surface area contributed by atoms with Crippen LogP contribution >= 0.6 is 0 Å². The summed E-state index contributed by atoms with van der Waals surface area (Å²) < 4.78 is 9.86. The fourth-order valence-corrected chi connectivity index (χ4v) is 1.55. The number of carbonyl (C=O) groups excluding carboxylic acids is 1. The van der Waals surface area contributed by atoms with E-state index in [4.69, 9.17) is 4.74 Å². The number of methoxy groups -OCH3 is 1. The third-order valence-electron chi connectivity index (χ3n) is 2.42. The molecule has 0 aromatic heterocycles. The number of benzene rings is 1. The summed E-state index contributed by atoms with van der Waals surface area (Å²) in [6.45, 7) is 2.01. The second-order valence-electron chi connectivity index (χ2n) is 3.36. The first-order valence-corrected chi connectivity index (χ1v) is 4.53. The number of esters is 1. The number of aryl methyl sites for hydroxylation is 1. The summed E-state index contributed by atoms with van der Waals surface area (Å²) >= 11 is 0. The van der Waals surface area contributed by atoms with Crippen molar-refractivity contribution in [3.8, 4) is 0 Å². The molecule has 0 spiro atoms. The van der Waals surface area contributed by atoms with E-state index >= 15 is 0 Å². The maximum absolute atomic E-state index is 11.1. The highest BCUT2D eigenvalue weighted by molar-refractivity contribution is 5.78. The van der Waals surface area contributed by atoms with Crippen molar-refractivity contribution in [2.45, 2.75) is 19.1 Å². The van der Waals surface area contributed by atoms with Crippen LogP contribution in [0, 0.1) is 6.92 Å². The fourth-order valence-electron chi connectivity index (χ4n) is 1.55. The molecule has 0 amide bonds. The number of rotatable bonds is 2. The number of hydrogen-bond acceptors (Lipinski definition) is 3. The molecular weight excluding hydrogens is 180 g/mol. The van der Waals surface area contributed by atoms with Gasteiger partial charge in [0.25, 0.3) is 0 Å². The van der Waals surface area contributed by atoms with E-state index in [1.807, 2.05) is 31.2 Å². The molecule has 3 nitrogen and oxygen atoms in total. The van der Waals surface area contributed by atoms with E-state index in [9.17, 15) is 4.79 Å². The van der Waals surface area contributed by atoms with Gasteiger partial charge in [0, 0.05) is 0 Å². The number of ether oxygens (including phenoxy) is 2. The van der Waals surface area contributed by atoms with Crippen molar-refractivity contribution in [1.29, 1.82) is 0 Å². The Balaban J connectivity index is 2.13. The third-order valence-corrected chi connectivity index (χ3v) is 2.42. The van der Waals surface area contributed by atoms with Crippen molar-refractivity contribution < 1.29 is 14.3 Å². The quantitative estimate of drug-likeness (QED) is 0.527. The molecule has 2 atom stereocenters. The van der Waals surface area contributed by atoms with Crippen LogP contribution in [-0.2, 0) is 14.3 Å². The predicted octanol–water partition coefficient (Wildman–Crippen LogP) is 1.61. The molecule has 1 aromatic rings. The fraction of sp³-hybridized carbons (Fsp3) is 0.364. The summed E-state index contributed by atoms with van der Waals surface area (Å²) in [4.78, 5) is 11.1. The second-order valence-corrected chi connectivity index (χ2v) is 3.36. The molecule has 14 heavy (non-hydrogen) atoms. The molecule has 1 fully saturated rings. The van der Waals surface area contributed by atoms with Gasteiger partial charge in [0.05, 0.1) is 7.11 Å². The van der Waals surface area contributed by atoms with Gasteiger partial charge < -0.3 is 9.47 Å².